The summed E-state index contributed by atoms with van der Waals surface area (Å²) in [6, 6.07) is 0. The average Bonchev–Trinajstić information content (AvgIpc) is 2.14. The van der Waals surface area contributed by atoms with Gasteiger partial charge in [0, 0.05) is 0 Å². The third kappa shape index (κ3) is 2.15. The van der Waals surface area contributed by atoms with E-state index in [0.29, 0.717) is 6.67 Å². The van der Waals surface area contributed by atoms with E-state index in [0.717, 1.165) is 0 Å². The third-order valence-electron chi connectivity index (χ3n) is 1.03. The van der Waals surface area contributed by atoms with Gasteiger partial charge in [0.25, 0.3) is 0 Å². The number of nitrogens with zero attached hydrogens (tertiary/aromatic N) is 2. The third-order valence-corrected chi connectivity index (χ3v) is 1.03. The minimum Gasteiger partial charge on any atom is -1.00 e. The molecule has 0 amide bonds. The molecule has 1 rings (SSSR count). The Morgan fingerprint density at radius 2 is 2.33 bits per heavy atom. The Morgan fingerprint density at radius 1 is 1.67 bits per heavy atom. The van der Waals surface area contributed by atoms with Crippen LogP contribution in [0, 0.1) is 0 Å². The van der Waals surface area contributed by atoms with Crippen molar-refractivity contribution in [3.05, 3.63) is 18.7 Å². The molecule has 1 heterocycles. The second kappa shape index (κ2) is 3.63. The van der Waals surface area contributed by atoms with Crippen molar-refractivity contribution in [3.8, 4) is 0 Å². The van der Waals surface area contributed by atoms with Crippen LogP contribution in [0.4, 0.5) is 0 Å². The molecule has 4 heteroatoms. The maximum atomic E-state index is 5.31. The SMILES string of the molecule is C[n+]1ccn(CN)c1.[Br-]. The number of aryl methyl sites for hydroxylation is 1. The standard InChI is InChI=1S/C5H10N3.BrH/c1-7-2-3-8(4-6)5-7;/h2-3,5H,4,6H2,1H3;1H/q+1;/p-1. The molecule has 1 aromatic rings. The van der Waals surface area contributed by atoms with Crippen molar-refractivity contribution in [2.24, 2.45) is 12.8 Å². The van der Waals surface area contributed by atoms with Gasteiger partial charge < -0.3 is 17.0 Å². The summed E-state index contributed by atoms with van der Waals surface area (Å²) in [5, 5.41) is 0. The molecule has 0 saturated carbocycles. The van der Waals surface area contributed by atoms with Gasteiger partial charge in [-0.3, -0.25) is 5.73 Å². The number of hydrogen-bond acceptors (Lipinski definition) is 1. The van der Waals surface area contributed by atoms with Crippen LogP contribution >= 0.6 is 0 Å². The van der Waals surface area contributed by atoms with Crippen molar-refractivity contribution in [3.63, 3.8) is 0 Å². The Balaban J connectivity index is 0.000000640. The minimum atomic E-state index is 0. The van der Waals surface area contributed by atoms with Gasteiger partial charge in [0.15, 0.2) is 0 Å². The number of aromatic nitrogens is 2. The molecule has 2 N–H and O–H groups in total. The van der Waals surface area contributed by atoms with E-state index >= 15 is 0 Å². The molecule has 0 atom stereocenters. The maximum Gasteiger partial charge on any atom is 0.244 e. The first-order valence-corrected chi connectivity index (χ1v) is 2.54. The van der Waals surface area contributed by atoms with E-state index in [4.69, 9.17) is 5.73 Å². The molecule has 0 radical (unpaired) electrons. The lowest BCUT2D eigenvalue weighted by molar-refractivity contribution is -0.671. The van der Waals surface area contributed by atoms with Crippen LogP contribution in [0.15, 0.2) is 18.7 Å². The summed E-state index contributed by atoms with van der Waals surface area (Å²) < 4.78 is 3.85. The molecule has 1 aromatic heterocycles. The Hall–Kier alpha value is -0.350. The van der Waals surface area contributed by atoms with Gasteiger partial charge in [-0.15, -0.1) is 0 Å². The van der Waals surface area contributed by atoms with Gasteiger partial charge in [0.05, 0.1) is 7.05 Å². The molecule has 0 spiro atoms. The van der Waals surface area contributed by atoms with Crippen LogP contribution in [-0.2, 0) is 13.7 Å². The second-order valence-corrected chi connectivity index (χ2v) is 1.78. The maximum absolute atomic E-state index is 5.31. The van der Waals surface area contributed by atoms with E-state index < -0.39 is 0 Å². The summed E-state index contributed by atoms with van der Waals surface area (Å²) in [6.45, 7) is 0.556. The molecule has 0 bridgehead atoms. The lowest BCUT2D eigenvalue weighted by atomic mass is 10.9. The second-order valence-electron chi connectivity index (χ2n) is 1.78. The lowest BCUT2D eigenvalue weighted by Gasteiger charge is -1.81. The summed E-state index contributed by atoms with van der Waals surface area (Å²) >= 11 is 0. The normalized spacial score (nSPS) is 8.67. The Kier molecular flexibility index (Phi) is 3.49. The number of halogens is 1. The summed E-state index contributed by atoms with van der Waals surface area (Å²) in [5.41, 5.74) is 5.31. The fraction of sp³-hybridized carbons (Fsp3) is 0.400. The molecule has 0 aliphatic rings. The van der Waals surface area contributed by atoms with Crippen LogP contribution in [-0.4, -0.2) is 4.57 Å². The average molecular weight is 192 g/mol. The number of nitrogens with two attached hydrogens (primary N) is 1. The van der Waals surface area contributed by atoms with E-state index in [1.54, 1.807) is 0 Å². The van der Waals surface area contributed by atoms with Crippen molar-refractivity contribution in [2.75, 3.05) is 0 Å². The molecule has 0 unspecified atom stereocenters. The van der Waals surface area contributed by atoms with Crippen molar-refractivity contribution < 1.29 is 21.5 Å². The van der Waals surface area contributed by atoms with Crippen LogP contribution in [0.25, 0.3) is 0 Å². The summed E-state index contributed by atoms with van der Waals surface area (Å²) in [6.07, 6.45) is 5.81. The zero-order valence-corrected chi connectivity index (χ0v) is 6.87. The smallest absolute Gasteiger partial charge is 0.244 e. The van der Waals surface area contributed by atoms with Crippen LogP contribution in [0.3, 0.4) is 0 Å². The highest BCUT2D eigenvalue weighted by Crippen LogP contribution is 1.75. The van der Waals surface area contributed by atoms with E-state index in [1.807, 2.05) is 34.9 Å². The van der Waals surface area contributed by atoms with Gasteiger partial charge in [-0.25, -0.2) is 9.13 Å². The Morgan fingerprint density at radius 3 is 2.56 bits per heavy atom. The van der Waals surface area contributed by atoms with Gasteiger partial charge in [-0.2, -0.15) is 0 Å². The fourth-order valence-electron chi connectivity index (χ4n) is 0.610. The molecule has 52 valence electrons. The van der Waals surface area contributed by atoms with Gasteiger partial charge in [-0.05, 0) is 0 Å². The first-order chi connectivity index (χ1) is 3.83. The molecule has 0 fully saturated rings. The van der Waals surface area contributed by atoms with Crippen LogP contribution < -0.4 is 27.3 Å². The molecule has 0 aliphatic heterocycles. The molecule has 0 aromatic carbocycles. The number of rotatable bonds is 1. The first kappa shape index (κ1) is 8.65. The van der Waals surface area contributed by atoms with Crippen LogP contribution in [0.2, 0.25) is 0 Å². The predicted molar refractivity (Wildman–Crippen MR) is 29.8 cm³/mol. The summed E-state index contributed by atoms with van der Waals surface area (Å²) in [4.78, 5) is 0. The number of imidazole rings is 1. The van der Waals surface area contributed by atoms with Crippen LogP contribution in [0.1, 0.15) is 0 Å². The van der Waals surface area contributed by atoms with E-state index in [1.165, 1.54) is 0 Å². The Labute approximate surface area is 64.9 Å². The molecule has 0 aliphatic carbocycles. The highest BCUT2D eigenvalue weighted by molar-refractivity contribution is 4.63. The zero-order valence-electron chi connectivity index (χ0n) is 5.29. The van der Waals surface area contributed by atoms with Gasteiger partial charge in [-0.1, -0.05) is 0 Å². The van der Waals surface area contributed by atoms with E-state index in [-0.39, 0.29) is 17.0 Å². The van der Waals surface area contributed by atoms with Gasteiger partial charge in [0.2, 0.25) is 6.33 Å². The first-order valence-electron chi connectivity index (χ1n) is 2.54. The van der Waals surface area contributed by atoms with Crippen molar-refractivity contribution >= 4 is 0 Å². The topological polar surface area (TPSA) is 34.8 Å². The largest absolute Gasteiger partial charge is 1.00 e. The summed E-state index contributed by atoms with van der Waals surface area (Å²) in [7, 11) is 1.96. The van der Waals surface area contributed by atoms with Crippen molar-refractivity contribution in [1.29, 1.82) is 0 Å². The molecular formula is C5H10BrN3. The highest BCUT2D eigenvalue weighted by atomic mass is 79.9. The zero-order chi connectivity index (χ0) is 5.98. The molecule has 0 saturated heterocycles. The van der Waals surface area contributed by atoms with Crippen LogP contribution in [0.5, 0.6) is 0 Å². The number of hydrogen-bond donors (Lipinski definition) is 1. The Bertz CT molecular complexity index is 172. The molecular weight excluding hydrogens is 182 g/mol. The predicted octanol–water partition coefficient (Wildman–Crippen LogP) is -3.77. The van der Waals surface area contributed by atoms with E-state index in [2.05, 4.69) is 0 Å². The quantitative estimate of drug-likeness (QED) is 0.455. The van der Waals surface area contributed by atoms with E-state index in [9.17, 15) is 0 Å². The molecule has 9 heavy (non-hydrogen) atoms. The van der Waals surface area contributed by atoms with Gasteiger partial charge in [0.1, 0.15) is 19.1 Å². The highest BCUT2D eigenvalue weighted by Gasteiger charge is 1.92. The van der Waals surface area contributed by atoms with Crippen molar-refractivity contribution in [1.82, 2.24) is 4.57 Å². The summed E-state index contributed by atoms with van der Waals surface area (Å²) in [5.74, 6) is 0. The molecule has 3 nitrogen and oxygen atoms in total. The minimum absolute atomic E-state index is 0. The fourth-order valence-corrected chi connectivity index (χ4v) is 0.610. The van der Waals surface area contributed by atoms with Gasteiger partial charge >= 0.3 is 0 Å². The van der Waals surface area contributed by atoms with Crippen molar-refractivity contribution in [2.45, 2.75) is 6.67 Å². The lowest BCUT2D eigenvalue weighted by Crippen LogP contribution is -3.00. The monoisotopic (exact) mass is 191 g/mol.